The molecule has 9 rings (SSSR count). The molecule has 5 atom stereocenters. The number of hydrogen-bond donors (Lipinski definition) is 7. The Balaban J connectivity index is 1.25. The van der Waals surface area contributed by atoms with Gasteiger partial charge < -0.3 is 49.7 Å². The Morgan fingerprint density at radius 2 is 1.79 bits per heavy atom. The highest BCUT2D eigenvalue weighted by molar-refractivity contribution is 5.90. The highest BCUT2D eigenvalue weighted by Gasteiger charge is 2.45. The summed E-state index contributed by atoms with van der Waals surface area (Å²) in [5.74, 6) is 2.18. The van der Waals surface area contributed by atoms with E-state index in [-0.39, 0.29) is 42.7 Å². The highest BCUT2D eigenvalue weighted by Crippen LogP contribution is 2.60. The number of aliphatic hydroxyl groups excluding tert-OH is 2. The van der Waals surface area contributed by atoms with Crippen LogP contribution in [0.5, 0.6) is 28.7 Å². The van der Waals surface area contributed by atoms with Crippen LogP contribution < -0.4 is 24.8 Å². The van der Waals surface area contributed by atoms with E-state index < -0.39 is 12.2 Å². The topological polar surface area (TPSA) is 158 Å². The largest absolute Gasteiger partial charge is 0.507 e. The zero-order chi connectivity index (χ0) is 39.4. The fourth-order valence-electron chi connectivity index (χ4n) is 9.96. The average Bonchev–Trinajstić information content (AvgIpc) is 3.71. The molecule has 5 aromatic rings. The van der Waals surface area contributed by atoms with Crippen LogP contribution in [0, 0.1) is 0 Å². The van der Waals surface area contributed by atoms with Crippen molar-refractivity contribution in [3.05, 3.63) is 105 Å². The third kappa shape index (κ3) is 6.33. The fourth-order valence-corrected chi connectivity index (χ4v) is 9.96. The number of benzene rings is 4. The molecule has 57 heavy (non-hydrogen) atoms. The number of rotatable bonds is 12. The predicted octanol–water partition coefficient (Wildman–Crippen LogP) is 6.14. The molecule has 4 aliphatic rings. The first kappa shape index (κ1) is 37.5. The van der Waals surface area contributed by atoms with Crippen molar-refractivity contribution in [2.45, 2.75) is 68.7 Å². The molecule has 0 saturated carbocycles. The van der Waals surface area contributed by atoms with Crippen molar-refractivity contribution < 1.29 is 39.4 Å². The number of aromatic hydroxyl groups is 2. The number of fused-ring (bicyclic) bond motifs is 8. The smallest absolute Gasteiger partial charge is 0.161 e. The Morgan fingerprint density at radius 3 is 2.58 bits per heavy atom. The van der Waals surface area contributed by atoms with Crippen LogP contribution in [0.1, 0.15) is 75.3 Å². The lowest BCUT2D eigenvalue weighted by Gasteiger charge is -2.44. The van der Waals surface area contributed by atoms with Crippen LogP contribution >= 0.6 is 0 Å². The minimum absolute atomic E-state index is 0.00165. The number of aromatic nitrogens is 1. The monoisotopic (exact) mass is 773 g/mol. The highest BCUT2D eigenvalue weighted by atomic mass is 16.6. The molecule has 4 aromatic carbocycles. The van der Waals surface area contributed by atoms with Crippen molar-refractivity contribution in [2.75, 3.05) is 47.7 Å². The van der Waals surface area contributed by atoms with E-state index in [4.69, 9.17) is 18.9 Å². The standard InChI is InChI=1S/C46H51N3O8/c1-47-21-28-17-34-37(52)11-9-30-41(34)35(40(28)25-6-10-36-24(15-25)12-13-49-36)19-32-33-20-39(55-23-48-2)44(27-16-26(5-4-14-50)43(53)38(18-27)54-3)57-45(33)31-8-7-29(22-51)56-46(31)42(30)32/h6,9-13,15-18,29,35,39-40,44,47-53H,4-5,7-8,14,19-23H2,1-3H3. The van der Waals surface area contributed by atoms with Crippen LogP contribution in [-0.2, 0) is 30.4 Å². The van der Waals surface area contributed by atoms with E-state index in [2.05, 4.69) is 46.0 Å². The van der Waals surface area contributed by atoms with Crippen LogP contribution in [0.3, 0.4) is 0 Å². The number of hydrogen-bond acceptors (Lipinski definition) is 10. The molecular weight excluding hydrogens is 723 g/mol. The number of methoxy groups -OCH3 is 1. The van der Waals surface area contributed by atoms with Gasteiger partial charge in [-0.25, -0.2) is 0 Å². The lowest BCUT2D eigenvalue weighted by Crippen LogP contribution is -2.38. The third-order valence-electron chi connectivity index (χ3n) is 12.5. The summed E-state index contributed by atoms with van der Waals surface area (Å²) in [7, 11) is 5.35. The summed E-state index contributed by atoms with van der Waals surface area (Å²) in [5, 5.41) is 50.3. The van der Waals surface area contributed by atoms with Crippen LogP contribution in [0.25, 0.3) is 28.1 Å². The molecule has 2 aliphatic heterocycles. The lowest BCUT2D eigenvalue weighted by atomic mass is 9.63. The molecule has 7 N–H and O–H groups in total. The number of phenols is 2. The van der Waals surface area contributed by atoms with Gasteiger partial charge in [-0.1, -0.05) is 12.1 Å². The van der Waals surface area contributed by atoms with E-state index in [1.54, 1.807) is 6.07 Å². The van der Waals surface area contributed by atoms with Gasteiger partial charge in [-0.2, -0.15) is 0 Å². The Labute approximate surface area is 332 Å². The van der Waals surface area contributed by atoms with Gasteiger partial charge in [-0.3, -0.25) is 5.32 Å². The summed E-state index contributed by atoms with van der Waals surface area (Å²) >= 11 is 0. The Kier molecular flexibility index (Phi) is 10.1. The van der Waals surface area contributed by atoms with E-state index in [0.717, 1.165) is 66.9 Å². The molecular formula is C46H51N3O8. The molecule has 298 valence electrons. The minimum Gasteiger partial charge on any atom is -0.507 e. The molecule has 0 spiro atoms. The number of aromatic amines is 1. The van der Waals surface area contributed by atoms with Gasteiger partial charge in [0.25, 0.3) is 0 Å². The summed E-state index contributed by atoms with van der Waals surface area (Å²) in [6.45, 7) is 0.858. The quantitative estimate of drug-likeness (QED) is 0.0735. The molecule has 0 fully saturated rings. The van der Waals surface area contributed by atoms with Crippen molar-refractivity contribution in [3.8, 4) is 39.9 Å². The second-order valence-electron chi connectivity index (χ2n) is 15.8. The van der Waals surface area contributed by atoms with E-state index in [1.807, 2.05) is 38.5 Å². The van der Waals surface area contributed by atoms with Gasteiger partial charge in [0.1, 0.15) is 29.5 Å². The van der Waals surface area contributed by atoms with Gasteiger partial charge >= 0.3 is 0 Å². The van der Waals surface area contributed by atoms with Crippen LogP contribution in [0.4, 0.5) is 0 Å². The molecule has 0 radical (unpaired) electrons. The summed E-state index contributed by atoms with van der Waals surface area (Å²) in [5.41, 5.74) is 12.2. The molecule has 0 amide bonds. The molecule has 11 heteroatoms. The van der Waals surface area contributed by atoms with Gasteiger partial charge in [0, 0.05) is 59.5 Å². The number of nitrogens with one attached hydrogen (secondary N) is 3. The molecule has 0 saturated heterocycles. The predicted molar refractivity (Wildman–Crippen MR) is 219 cm³/mol. The maximum absolute atomic E-state index is 11.5. The number of H-pyrrole nitrogens is 1. The van der Waals surface area contributed by atoms with Crippen LogP contribution in [0.15, 0.2) is 60.3 Å². The Bertz CT molecular complexity index is 2370. The van der Waals surface area contributed by atoms with Crippen molar-refractivity contribution in [2.24, 2.45) is 0 Å². The van der Waals surface area contributed by atoms with Crippen molar-refractivity contribution in [3.63, 3.8) is 0 Å². The zero-order valence-corrected chi connectivity index (χ0v) is 32.7. The second-order valence-corrected chi connectivity index (χ2v) is 15.8. The van der Waals surface area contributed by atoms with E-state index in [1.165, 1.54) is 18.2 Å². The molecule has 3 heterocycles. The summed E-state index contributed by atoms with van der Waals surface area (Å²) in [6.07, 6.45) is 6.31. The second kappa shape index (κ2) is 15.4. The number of aryl methyl sites for hydroxylation is 1. The minimum atomic E-state index is -0.550. The zero-order valence-electron chi connectivity index (χ0n) is 32.7. The first-order chi connectivity index (χ1) is 27.9. The van der Waals surface area contributed by atoms with Crippen LogP contribution in [-0.4, -0.2) is 85.3 Å². The lowest BCUT2D eigenvalue weighted by molar-refractivity contribution is -0.0436. The molecule has 0 bridgehead atoms. The van der Waals surface area contributed by atoms with Gasteiger partial charge in [-0.05, 0) is 139 Å². The van der Waals surface area contributed by atoms with Gasteiger partial charge in [0.05, 0.1) is 20.4 Å². The third-order valence-corrected chi connectivity index (χ3v) is 12.5. The van der Waals surface area contributed by atoms with E-state index in [0.29, 0.717) is 63.1 Å². The molecule has 2 aliphatic carbocycles. The summed E-state index contributed by atoms with van der Waals surface area (Å²) < 4.78 is 26.3. The van der Waals surface area contributed by atoms with Gasteiger partial charge in [0.15, 0.2) is 17.6 Å². The Hall–Kier alpha value is -5.04. The summed E-state index contributed by atoms with van der Waals surface area (Å²) in [4.78, 5) is 3.34. The van der Waals surface area contributed by atoms with Crippen molar-refractivity contribution >= 4 is 17.0 Å². The number of phenolic OH excluding ortho intramolecular Hbond substituents is 2. The number of likely N-dealkylation sites (N-methyl/N-ethyl adjacent to an activating group) is 1. The Morgan fingerprint density at radius 1 is 0.912 bits per heavy atom. The average molecular weight is 774 g/mol. The maximum atomic E-state index is 11.5. The van der Waals surface area contributed by atoms with Gasteiger partial charge in [-0.15, -0.1) is 0 Å². The summed E-state index contributed by atoms with van der Waals surface area (Å²) in [6, 6.07) is 16.4. The van der Waals surface area contributed by atoms with Crippen molar-refractivity contribution in [1.29, 1.82) is 0 Å². The first-order valence-electron chi connectivity index (χ1n) is 20.1. The normalized spacial score (nSPS) is 21.8. The van der Waals surface area contributed by atoms with Gasteiger partial charge in [0.2, 0.25) is 0 Å². The number of ether oxygens (including phenoxy) is 4. The molecule has 11 nitrogen and oxygen atoms in total. The van der Waals surface area contributed by atoms with E-state index in [9.17, 15) is 20.4 Å². The molecule has 5 unspecified atom stereocenters. The van der Waals surface area contributed by atoms with Crippen LogP contribution in [0.2, 0.25) is 0 Å². The molecule has 1 aromatic heterocycles. The fraction of sp³-hybridized carbons (Fsp3) is 0.391. The first-order valence-corrected chi connectivity index (χ1v) is 20.1. The SMILES string of the molecule is CNCOC1Cc2c3c(c4c(c2OC1c1cc(CCCO)c(O)c(OC)c1)CCC(CO)O4)-c1ccc(O)c2c1C(C3)C(c1ccc3[nH]ccc3c1)C(CNC)=C2. The van der Waals surface area contributed by atoms with E-state index >= 15 is 0 Å². The number of aliphatic hydroxyl groups is 2. The maximum Gasteiger partial charge on any atom is 0.161 e. The van der Waals surface area contributed by atoms with Crippen molar-refractivity contribution in [1.82, 2.24) is 15.6 Å².